The summed E-state index contributed by atoms with van der Waals surface area (Å²) in [6.07, 6.45) is 0.566. The minimum absolute atomic E-state index is 0.0569. The monoisotopic (exact) mass is 576 g/mol. The molecule has 208 valence electrons. The molecule has 2 aromatic rings. The maximum atomic E-state index is 13.8. The topological polar surface area (TPSA) is 136 Å². The first-order valence-corrected chi connectivity index (χ1v) is 15.3. The molecule has 2 N–H and O–H groups in total. The van der Waals surface area contributed by atoms with Gasteiger partial charge in [-0.1, -0.05) is 51.1 Å². The summed E-state index contributed by atoms with van der Waals surface area (Å²) in [4.78, 5) is 15.1. The van der Waals surface area contributed by atoms with Crippen molar-refractivity contribution in [2.24, 2.45) is 9.81 Å². The maximum absolute atomic E-state index is 13.8. The zero-order valence-electron chi connectivity index (χ0n) is 21.7. The van der Waals surface area contributed by atoms with Crippen LogP contribution in [0.25, 0.3) is 0 Å². The van der Waals surface area contributed by atoms with Gasteiger partial charge >= 0.3 is 0 Å². The molecule has 39 heavy (non-hydrogen) atoms. The van der Waals surface area contributed by atoms with Gasteiger partial charge in [-0.25, -0.2) is 9.11 Å². The van der Waals surface area contributed by atoms with Gasteiger partial charge in [0.05, 0.1) is 6.04 Å². The zero-order valence-corrected chi connectivity index (χ0v) is 23.3. The second kappa shape index (κ2) is 9.51. The Kier molecular flexibility index (Phi) is 6.69. The van der Waals surface area contributed by atoms with E-state index in [1.54, 1.807) is 18.2 Å². The number of nitrogens with one attached hydrogen (secondary N) is 1. The predicted octanol–water partition coefficient (Wildman–Crippen LogP) is 2.63. The summed E-state index contributed by atoms with van der Waals surface area (Å²) in [5.41, 5.74) is -0.0535. The lowest BCUT2D eigenvalue weighted by molar-refractivity contribution is -0.129. The molecule has 0 saturated carbocycles. The van der Waals surface area contributed by atoms with Crippen LogP contribution in [0.3, 0.4) is 0 Å². The number of rotatable bonds is 5. The fraction of sp³-hybridized carbons (Fsp3) is 0.385. The number of nitrogens with zero attached hydrogens (tertiary/aromatic N) is 3. The number of aliphatic hydroxyl groups excluding tert-OH is 1. The van der Waals surface area contributed by atoms with Crippen LogP contribution >= 0.6 is 0 Å². The van der Waals surface area contributed by atoms with E-state index in [-0.39, 0.29) is 52.7 Å². The summed E-state index contributed by atoms with van der Waals surface area (Å²) < 4.78 is 72.5. The number of amides is 1. The van der Waals surface area contributed by atoms with E-state index in [2.05, 4.69) is 9.12 Å². The number of halogens is 1. The third-order valence-corrected chi connectivity index (χ3v) is 9.98. The van der Waals surface area contributed by atoms with Crippen molar-refractivity contribution in [2.75, 3.05) is 13.1 Å². The van der Waals surface area contributed by atoms with E-state index in [4.69, 9.17) is 0 Å². The second-order valence-electron chi connectivity index (χ2n) is 10.9. The van der Waals surface area contributed by atoms with Crippen LogP contribution in [-0.2, 0) is 38.1 Å². The van der Waals surface area contributed by atoms with Crippen LogP contribution in [-0.4, -0.2) is 61.9 Å². The summed E-state index contributed by atoms with van der Waals surface area (Å²) in [7, 11) is -8.07. The number of sulfonamides is 1. The first-order valence-electron chi connectivity index (χ1n) is 12.4. The molecule has 2 aromatic carbocycles. The maximum Gasteiger partial charge on any atom is 0.283 e. The van der Waals surface area contributed by atoms with Gasteiger partial charge in [-0.3, -0.25) is 4.79 Å². The molecule has 0 aromatic heterocycles. The lowest BCUT2D eigenvalue weighted by atomic mass is 9.84. The Morgan fingerprint density at radius 1 is 1.08 bits per heavy atom. The van der Waals surface area contributed by atoms with E-state index in [9.17, 15) is 31.1 Å². The summed E-state index contributed by atoms with van der Waals surface area (Å²) in [5, 5.41) is 11.4. The van der Waals surface area contributed by atoms with Gasteiger partial charge in [-0.05, 0) is 35.1 Å². The Balaban J connectivity index is 1.57. The molecule has 1 saturated heterocycles. The molecule has 13 heteroatoms. The molecular weight excluding hydrogens is 547 g/mol. The van der Waals surface area contributed by atoms with Gasteiger partial charge in [0.1, 0.15) is 27.8 Å². The summed E-state index contributed by atoms with van der Waals surface area (Å²) in [5.74, 6) is -1.33. The third-order valence-electron chi connectivity index (χ3n) is 7.00. The summed E-state index contributed by atoms with van der Waals surface area (Å²) in [6.45, 7) is 5.91. The molecule has 0 aliphatic carbocycles. The number of hydrogen-bond acceptors (Lipinski definition) is 6. The minimum Gasteiger partial charge on any atom is -0.509 e. The lowest BCUT2D eigenvalue weighted by Crippen LogP contribution is -2.46. The molecule has 1 amide bonds. The largest absolute Gasteiger partial charge is 0.509 e. The molecule has 10 nitrogen and oxygen atoms in total. The van der Waals surface area contributed by atoms with Crippen molar-refractivity contribution in [1.29, 1.82) is 0 Å². The fourth-order valence-corrected chi connectivity index (χ4v) is 8.01. The van der Waals surface area contributed by atoms with Gasteiger partial charge < -0.3 is 10.0 Å². The van der Waals surface area contributed by atoms with Crippen LogP contribution in [0.5, 0.6) is 0 Å². The average molecular weight is 577 g/mol. The highest BCUT2D eigenvalue weighted by atomic mass is 32.2. The summed E-state index contributed by atoms with van der Waals surface area (Å²) >= 11 is 0. The minimum atomic E-state index is -4.30. The molecule has 3 aliphatic heterocycles. The van der Waals surface area contributed by atoms with Crippen LogP contribution < -0.4 is 4.72 Å². The van der Waals surface area contributed by atoms with Gasteiger partial charge in [0, 0.05) is 31.7 Å². The van der Waals surface area contributed by atoms with Crippen LogP contribution in [0.4, 0.5) is 4.39 Å². The predicted molar refractivity (Wildman–Crippen MR) is 142 cm³/mol. The Morgan fingerprint density at radius 3 is 2.41 bits per heavy atom. The van der Waals surface area contributed by atoms with Gasteiger partial charge in [0.25, 0.3) is 26.1 Å². The standard InChI is InChI=1S/C26H29FN4O6S2/c1-26(2,3)24-22(32)20(25(33)31(24)14-16-8-10-18(27)11-9-16)21-19-7-4-6-17(23(19)38(34,35)29-21)15-30-13-5-12-28-39(30,36)37/h4,6-11,24,28,32H,5,12-15H2,1-3H3/t24-/m1/s1. The van der Waals surface area contributed by atoms with E-state index in [0.29, 0.717) is 18.5 Å². The van der Waals surface area contributed by atoms with Crippen molar-refractivity contribution in [3.63, 3.8) is 0 Å². The van der Waals surface area contributed by atoms with Crippen LogP contribution in [0.2, 0.25) is 0 Å². The molecule has 0 unspecified atom stereocenters. The van der Waals surface area contributed by atoms with Gasteiger partial charge in [-0.15, -0.1) is 0 Å². The van der Waals surface area contributed by atoms with E-state index < -0.39 is 43.4 Å². The Labute approximate surface area is 227 Å². The highest BCUT2D eigenvalue weighted by Crippen LogP contribution is 2.41. The third kappa shape index (κ3) is 4.88. The van der Waals surface area contributed by atoms with Gasteiger partial charge in [0.15, 0.2) is 0 Å². The summed E-state index contributed by atoms with van der Waals surface area (Å²) in [6, 6.07) is 9.42. The molecule has 5 rings (SSSR count). The molecule has 1 fully saturated rings. The Hall–Kier alpha value is -3.13. The fourth-order valence-electron chi connectivity index (χ4n) is 5.32. The number of fused-ring (bicyclic) bond motifs is 1. The quantitative estimate of drug-likeness (QED) is 0.562. The highest BCUT2D eigenvalue weighted by Gasteiger charge is 2.49. The van der Waals surface area contributed by atoms with E-state index >= 15 is 0 Å². The second-order valence-corrected chi connectivity index (χ2v) is 14.2. The first kappa shape index (κ1) is 27.4. The number of hydrogen-bond donors (Lipinski definition) is 2. The number of aliphatic hydroxyl groups is 1. The van der Waals surface area contributed by atoms with Crippen molar-refractivity contribution >= 4 is 31.9 Å². The van der Waals surface area contributed by atoms with E-state index in [1.165, 1.54) is 29.2 Å². The first-order chi connectivity index (χ1) is 18.2. The molecule has 1 atom stereocenters. The van der Waals surface area contributed by atoms with Crippen LogP contribution in [0.15, 0.2) is 63.1 Å². The zero-order chi connectivity index (χ0) is 28.3. The number of carbonyl (C=O) groups excluding carboxylic acids is 1. The lowest BCUT2D eigenvalue weighted by Gasteiger charge is -2.35. The molecule has 0 bridgehead atoms. The molecule has 0 spiro atoms. The molecule has 0 radical (unpaired) electrons. The average Bonchev–Trinajstić information content (AvgIpc) is 3.25. The SMILES string of the molecule is CC(C)(C)[C@H]1C(O)=C(C2=NS(=O)(=O)c3c(CN4CCCNS4(=O)=O)cccc32)C(=O)N1Cc1ccc(F)cc1. The number of carbonyl (C=O) groups is 1. The Morgan fingerprint density at radius 2 is 1.77 bits per heavy atom. The highest BCUT2D eigenvalue weighted by molar-refractivity contribution is 7.91. The van der Waals surface area contributed by atoms with Crippen LogP contribution in [0.1, 0.15) is 43.9 Å². The molecule has 3 heterocycles. The van der Waals surface area contributed by atoms with Crippen LogP contribution in [0, 0.1) is 11.2 Å². The molecule has 3 aliphatic rings. The van der Waals surface area contributed by atoms with Crippen molar-refractivity contribution in [3.8, 4) is 0 Å². The van der Waals surface area contributed by atoms with Crippen molar-refractivity contribution in [2.45, 2.75) is 51.2 Å². The van der Waals surface area contributed by atoms with E-state index in [0.717, 1.165) is 4.31 Å². The van der Waals surface area contributed by atoms with Crippen molar-refractivity contribution in [1.82, 2.24) is 13.9 Å². The normalized spacial score (nSPS) is 22.8. The Bertz CT molecular complexity index is 1630. The van der Waals surface area contributed by atoms with Crippen molar-refractivity contribution in [3.05, 3.63) is 76.3 Å². The number of benzene rings is 2. The smallest absolute Gasteiger partial charge is 0.283 e. The van der Waals surface area contributed by atoms with Crippen molar-refractivity contribution < 1.29 is 31.1 Å². The van der Waals surface area contributed by atoms with E-state index in [1.807, 2.05) is 20.8 Å². The van der Waals surface area contributed by atoms with Gasteiger partial charge in [0.2, 0.25) is 0 Å². The molecular formula is C26H29FN4O6S2. The van der Waals surface area contributed by atoms with Gasteiger partial charge in [-0.2, -0.15) is 25.5 Å².